The first kappa shape index (κ1) is 18.4. The normalized spacial score (nSPS) is 12.0. The standard InChI is InChI=1S/C21H19N5O3/c1-14(21(28)29)26-19(9-10-22-26)20(27)24-17-11-23-25(13-17)12-16-7-4-6-15-5-2-3-8-18(15)16/h2-11,13-14H,12H2,1H3,(H,24,27)(H,28,29). The van der Waals surface area contributed by atoms with E-state index in [4.69, 9.17) is 5.11 Å². The average molecular weight is 389 g/mol. The molecule has 0 fully saturated rings. The van der Waals surface area contributed by atoms with Gasteiger partial charge in [0.1, 0.15) is 11.7 Å². The van der Waals surface area contributed by atoms with E-state index in [9.17, 15) is 9.59 Å². The summed E-state index contributed by atoms with van der Waals surface area (Å²) in [5.74, 6) is -1.51. The molecule has 2 aromatic carbocycles. The van der Waals surface area contributed by atoms with Crippen LogP contribution < -0.4 is 5.32 Å². The third-order valence-electron chi connectivity index (χ3n) is 4.73. The molecule has 29 heavy (non-hydrogen) atoms. The van der Waals surface area contributed by atoms with Crippen molar-refractivity contribution in [2.45, 2.75) is 19.5 Å². The zero-order valence-electron chi connectivity index (χ0n) is 15.7. The SMILES string of the molecule is CC(C(=O)O)n1nccc1C(=O)Nc1cnn(Cc2cccc3ccccc23)c1. The van der Waals surface area contributed by atoms with Gasteiger partial charge in [0, 0.05) is 12.4 Å². The van der Waals surface area contributed by atoms with Crippen molar-refractivity contribution in [2.75, 3.05) is 5.32 Å². The van der Waals surface area contributed by atoms with Crippen LogP contribution in [0.25, 0.3) is 10.8 Å². The zero-order chi connectivity index (χ0) is 20.4. The highest BCUT2D eigenvalue weighted by Gasteiger charge is 2.21. The highest BCUT2D eigenvalue weighted by Crippen LogP contribution is 2.20. The molecule has 4 aromatic rings. The Kier molecular flexibility index (Phi) is 4.82. The van der Waals surface area contributed by atoms with E-state index in [0.29, 0.717) is 12.2 Å². The van der Waals surface area contributed by atoms with Crippen molar-refractivity contribution in [3.63, 3.8) is 0 Å². The molecule has 0 saturated heterocycles. The summed E-state index contributed by atoms with van der Waals surface area (Å²) in [7, 11) is 0. The van der Waals surface area contributed by atoms with E-state index in [-0.39, 0.29) is 5.69 Å². The summed E-state index contributed by atoms with van der Waals surface area (Å²) in [5.41, 5.74) is 1.81. The average Bonchev–Trinajstić information content (AvgIpc) is 3.37. The highest BCUT2D eigenvalue weighted by atomic mass is 16.4. The Bertz CT molecular complexity index is 1190. The van der Waals surface area contributed by atoms with Crippen LogP contribution in [0.15, 0.2) is 67.1 Å². The third kappa shape index (κ3) is 3.73. The van der Waals surface area contributed by atoms with Gasteiger partial charge in [-0.1, -0.05) is 42.5 Å². The van der Waals surface area contributed by atoms with E-state index in [1.165, 1.54) is 23.9 Å². The van der Waals surface area contributed by atoms with Crippen molar-refractivity contribution >= 4 is 28.3 Å². The molecule has 0 aliphatic rings. The van der Waals surface area contributed by atoms with Crippen LogP contribution in [0.2, 0.25) is 0 Å². The fourth-order valence-electron chi connectivity index (χ4n) is 3.22. The van der Waals surface area contributed by atoms with E-state index in [0.717, 1.165) is 16.3 Å². The lowest BCUT2D eigenvalue weighted by atomic mass is 10.0. The Morgan fingerprint density at radius 2 is 1.90 bits per heavy atom. The lowest BCUT2D eigenvalue weighted by Gasteiger charge is -2.11. The van der Waals surface area contributed by atoms with Crippen LogP contribution in [-0.2, 0) is 11.3 Å². The Morgan fingerprint density at radius 1 is 1.10 bits per heavy atom. The Hall–Kier alpha value is -3.94. The van der Waals surface area contributed by atoms with Crippen LogP contribution in [0.5, 0.6) is 0 Å². The number of carboxylic acid groups (broad SMARTS) is 1. The minimum Gasteiger partial charge on any atom is -0.480 e. The van der Waals surface area contributed by atoms with Gasteiger partial charge in [0.2, 0.25) is 0 Å². The van der Waals surface area contributed by atoms with Crippen molar-refractivity contribution in [3.8, 4) is 0 Å². The first-order valence-electron chi connectivity index (χ1n) is 9.09. The monoisotopic (exact) mass is 389 g/mol. The van der Waals surface area contributed by atoms with Crippen molar-refractivity contribution in [1.82, 2.24) is 19.6 Å². The number of anilines is 1. The third-order valence-corrected chi connectivity index (χ3v) is 4.73. The maximum absolute atomic E-state index is 12.6. The molecule has 8 heteroatoms. The van der Waals surface area contributed by atoms with Gasteiger partial charge in [-0.2, -0.15) is 10.2 Å². The van der Waals surface area contributed by atoms with Crippen LogP contribution in [-0.4, -0.2) is 36.5 Å². The smallest absolute Gasteiger partial charge is 0.328 e. The van der Waals surface area contributed by atoms with E-state index in [2.05, 4.69) is 33.7 Å². The maximum Gasteiger partial charge on any atom is 0.328 e. The Balaban J connectivity index is 1.51. The van der Waals surface area contributed by atoms with Gasteiger partial charge < -0.3 is 10.4 Å². The van der Waals surface area contributed by atoms with Gasteiger partial charge in [-0.05, 0) is 29.3 Å². The summed E-state index contributed by atoms with van der Waals surface area (Å²) in [4.78, 5) is 23.8. The highest BCUT2D eigenvalue weighted by molar-refractivity contribution is 6.03. The number of amides is 1. The predicted octanol–water partition coefficient (Wildman–Crippen LogP) is 3.18. The molecule has 2 N–H and O–H groups in total. The van der Waals surface area contributed by atoms with Gasteiger partial charge in [-0.15, -0.1) is 0 Å². The van der Waals surface area contributed by atoms with Crippen molar-refractivity contribution in [2.24, 2.45) is 0 Å². The minimum absolute atomic E-state index is 0.168. The largest absolute Gasteiger partial charge is 0.480 e. The van der Waals surface area contributed by atoms with Crippen LogP contribution in [0.1, 0.15) is 29.0 Å². The molecule has 0 aliphatic heterocycles. The molecule has 2 heterocycles. The second-order valence-corrected chi connectivity index (χ2v) is 6.69. The number of carbonyl (C=O) groups excluding carboxylic acids is 1. The molecule has 1 unspecified atom stereocenters. The maximum atomic E-state index is 12.6. The zero-order valence-corrected chi connectivity index (χ0v) is 15.7. The van der Waals surface area contributed by atoms with E-state index >= 15 is 0 Å². The summed E-state index contributed by atoms with van der Waals surface area (Å²) < 4.78 is 2.92. The minimum atomic E-state index is -1.06. The number of fused-ring (bicyclic) bond motifs is 1. The number of carbonyl (C=O) groups is 2. The quantitative estimate of drug-likeness (QED) is 0.527. The lowest BCUT2D eigenvalue weighted by Crippen LogP contribution is -2.24. The van der Waals surface area contributed by atoms with Gasteiger partial charge >= 0.3 is 5.97 Å². The van der Waals surface area contributed by atoms with Gasteiger partial charge in [-0.25, -0.2) is 9.48 Å². The second kappa shape index (κ2) is 7.59. The summed E-state index contributed by atoms with van der Waals surface area (Å²) in [6, 6.07) is 14.8. The molecule has 146 valence electrons. The summed E-state index contributed by atoms with van der Waals surface area (Å²) in [6.45, 7) is 2.03. The molecule has 0 radical (unpaired) electrons. The number of hydrogen-bond donors (Lipinski definition) is 2. The van der Waals surface area contributed by atoms with E-state index in [1.54, 1.807) is 17.1 Å². The van der Waals surface area contributed by atoms with E-state index < -0.39 is 17.9 Å². The summed E-state index contributed by atoms with van der Waals surface area (Å²) in [5, 5.41) is 22.5. The number of aromatic nitrogens is 4. The molecule has 0 aliphatic carbocycles. The fourth-order valence-corrected chi connectivity index (χ4v) is 3.22. The number of hydrogen-bond acceptors (Lipinski definition) is 4. The number of benzene rings is 2. The molecule has 8 nitrogen and oxygen atoms in total. The molecular weight excluding hydrogens is 370 g/mol. The van der Waals surface area contributed by atoms with Crippen LogP contribution in [0, 0.1) is 0 Å². The molecule has 1 atom stereocenters. The molecule has 2 aromatic heterocycles. The first-order chi connectivity index (χ1) is 14.0. The van der Waals surface area contributed by atoms with Gasteiger partial charge in [0.05, 0.1) is 18.4 Å². The van der Waals surface area contributed by atoms with Gasteiger partial charge in [0.25, 0.3) is 5.91 Å². The molecule has 0 spiro atoms. The predicted molar refractivity (Wildman–Crippen MR) is 108 cm³/mol. The number of carboxylic acids is 1. The van der Waals surface area contributed by atoms with Crippen LogP contribution in [0.3, 0.4) is 0 Å². The fraction of sp³-hybridized carbons (Fsp3) is 0.143. The molecule has 0 saturated carbocycles. The summed E-state index contributed by atoms with van der Waals surface area (Å²) in [6.07, 6.45) is 4.70. The van der Waals surface area contributed by atoms with Gasteiger partial charge in [0.15, 0.2) is 0 Å². The van der Waals surface area contributed by atoms with E-state index in [1.807, 2.05) is 24.3 Å². The molecular formula is C21H19N5O3. The number of nitrogens with one attached hydrogen (secondary N) is 1. The Labute approximate surface area is 166 Å². The van der Waals surface area contributed by atoms with Crippen molar-refractivity contribution < 1.29 is 14.7 Å². The number of nitrogens with zero attached hydrogens (tertiary/aromatic N) is 4. The second-order valence-electron chi connectivity index (χ2n) is 6.69. The van der Waals surface area contributed by atoms with Crippen LogP contribution in [0.4, 0.5) is 5.69 Å². The molecule has 1 amide bonds. The van der Waals surface area contributed by atoms with Gasteiger partial charge in [-0.3, -0.25) is 9.48 Å². The van der Waals surface area contributed by atoms with Crippen molar-refractivity contribution in [1.29, 1.82) is 0 Å². The number of rotatable bonds is 6. The van der Waals surface area contributed by atoms with Crippen LogP contribution >= 0.6 is 0 Å². The Morgan fingerprint density at radius 3 is 2.72 bits per heavy atom. The van der Waals surface area contributed by atoms with Crippen molar-refractivity contribution in [3.05, 3.63) is 78.4 Å². The first-order valence-corrected chi connectivity index (χ1v) is 9.09. The summed E-state index contributed by atoms with van der Waals surface area (Å²) >= 11 is 0. The molecule has 4 rings (SSSR count). The lowest BCUT2D eigenvalue weighted by molar-refractivity contribution is -0.140. The topological polar surface area (TPSA) is 102 Å². The molecule has 0 bridgehead atoms. The number of aliphatic carboxylic acids is 1.